The van der Waals surface area contributed by atoms with Crippen LogP contribution in [0.1, 0.15) is 50.3 Å². The zero-order chi connectivity index (χ0) is 13.2. The Hall–Kier alpha value is -1.36. The Balaban J connectivity index is 1.74. The highest BCUT2D eigenvalue weighted by atomic mass is 16.5. The number of amides is 1. The van der Waals surface area contributed by atoms with Crippen LogP contribution in [-0.4, -0.2) is 28.4 Å². The molecule has 0 spiro atoms. The van der Waals surface area contributed by atoms with Gasteiger partial charge in [0.05, 0.1) is 11.7 Å². The minimum atomic E-state index is -0.285. The Morgan fingerprint density at radius 3 is 2.84 bits per heavy atom. The molecule has 1 saturated carbocycles. The molecular weight excluding hydrogens is 242 g/mol. The largest absolute Gasteiger partial charge is 0.368 e. The number of nitrogens with one attached hydrogen (secondary N) is 1. The van der Waals surface area contributed by atoms with Crippen molar-refractivity contribution in [2.45, 2.75) is 57.6 Å². The number of rotatable bonds is 3. The molecular formula is C14H21N3O2. The molecule has 104 valence electrons. The first-order chi connectivity index (χ1) is 9.24. The summed E-state index contributed by atoms with van der Waals surface area (Å²) in [5, 5.41) is 7.52. The van der Waals surface area contributed by atoms with E-state index in [0.717, 1.165) is 37.2 Å². The normalized spacial score (nSPS) is 23.9. The summed E-state index contributed by atoms with van der Waals surface area (Å²) in [7, 11) is 0. The van der Waals surface area contributed by atoms with Crippen LogP contribution in [0.25, 0.3) is 0 Å². The SMILES string of the molecule is Cc1cc(NC(=O)[C@@H]2CCCO2)n(C2CCCC2)n1. The summed E-state index contributed by atoms with van der Waals surface area (Å²) in [5.74, 6) is 0.793. The Morgan fingerprint density at radius 2 is 2.16 bits per heavy atom. The molecule has 1 amide bonds. The Labute approximate surface area is 113 Å². The smallest absolute Gasteiger partial charge is 0.254 e. The molecule has 3 rings (SSSR count). The van der Waals surface area contributed by atoms with Gasteiger partial charge < -0.3 is 10.1 Å². The lowest BCUT2D eigenvalue weighted by Gasteiger charge is -2.16. The predicted molar refractivity (Wildman–Crippen MR) is 72.1 cm³/mol. The van der Waals surface area contributed by atoms with Crippen LogP contribution >= 0.6 is 0 Å². The van der Waals surface area contributed by atoms with Crippen LogP contribution in [0.15, 0.2) is 6.07 Å². The molecule has 1 aliphatic carbocycles. The molecule has 19 heavy (non-hydrogen) atoms. The third-order valence-corrected chi connectivity index (χ3v) is 4.00. The van der Waals surface area contributed by atoms with Gasteiger partial charge in [-0.3, -0.25) is 4.79 Å². The van der Waals surface area contributed by atoms with Crippen LogP contribution in [0, 0.1) is 6.92 Å². The summed E-state index contributed by atoms with van der Waals surface area (Å²) in [6.45, 7) is 2.66. The van der Waals surface area contributed by atoms with Gasteiger partial charge in [0.15, 0.2) is 0 Å². The monoisotopic (exact) mass is 263 g/mol. The maximum atomic E-state index is 12.1. The second-order valence-corrected chi connectivity index (χ2v) is 5.54. The summed E-state index contributed by atoms with van der Waals surface area (Å²) >= 11 is 0. The highest BCUT2D eigenvalue weighted by Crippen LogP contribution is 2.32. The summed E-state index contributed by atoms with van der Waals surface area (Å²) in [6, 6.07) is 2.39. The van der Waals surface area contributed by atoms with Crippen LogP contribution < -0.4 is 5.32 Å². The predicted octanol–water partition coefficient (Wildman–Crippen LogP) is 2.42. The van der Waals surface area contributed by atoms with E-state index in [-0.39, 0.29) is 12.0 Å². The quantitative estimate of drug-likeness (QED) is 0.911. The van der Waals surface area contributed by atoms with Gasteiger partial charge in [0.2, 0.25) is 0 Å². The molecule has 5 nitrogen and oxygen atoms in total. The van der Waals surface area contributed by atoms with Crippen LogP contribution in [0.4, 0.5) is 5.82 Å². The van der Waals surface area contributed by atoms with Crippen molar-refractivity contribution >= 4 is 11.7 Å². The zero-order valence-electron chi connectivity index (χ0n) is 11.4. The number of aromatic nitrogens is 2. The van der Waals surface area contributed by atoms with E-state index < -0.39 is 0 Å². The molecule has 1 N–H and O–H groups in total. The average molecular weight is 263 g/mol. The lowest BCUT2D eigenvalue weighted by atomic mass is 10.2. The standard InChI is InChI=1S/C14H21N3O2/c1-10-9-13(15-14(18)12-7-4-8-19-12)17(16-10)11-5-2-3-6-11/h9,11-12H,2-8H2,1H3,(H,15,18)/t12-/m0/s1. The first-order valence-electron chi connectivity index (χ1n) is 7.22. The van der Waals surface area contributed by atoms with Gasteiger partial charge in [-0.05, 0) is 32.6 Å². The molecule has 0 bridgehead atoms. The van der Waals surface area contributed by atoms with E-state index >= 15 is 0 Å². The van der Waals surface area contributed by atoms with Gasteiger partial charge in [-0.1, -0.05) is 12.8 Å². The van der Waals surface area contributed by atoms with Gasteiger partial charge in [-0.2, -0.15) is 5.10 Å². The molecule has 1 aliphatic heterocycles. The van der Waals surface area contributed by atoms with Gasteiger partial charge in [0.1, 0.15) is 11.9 Å². The second kappa shape index (κ2) is 5.33. The lowest BCUT2D eigenvalue weighted by molar-refractivity contribution is -0.124. The number of carbonyl (C=O) groups is 1. The van der Waals surface area contributed by atoms with E-state index in [0.29, 0.717) is 12.6 Å². The van der Waals surface area contributed by atoms with Crippen molar-refractivity contribution in [2.75, 3.05) is 11.9 Å². The van der Waals surface area contributed by atoms with Crippen LogP contribution in [0.5, 0.6) is 0 Å². The van der Waals surface area contributed by atoms with E-state index in [1.807, 2.05) is 17.7 Å². The van der Waals surface area contributed by atoms with Gasteiger partial charge >= 0.3 is 0 Å². The Morgan fingerprint density at radius 1 is 1.37 bits per heavy atom. The number of carbonyl (C=O) groups excluding carboxylic acids is 1. The van der Waals surface area contributed by atoms with Crippen LogP contribution in [0.3, 0.4) is 0 Å². The second-order valence-electron chi connectivity index (χ2n) is 5.54. The maximum Gasteiger partial charge on any atom is 0.254 e. The first-order valence-corrected chi connectivity index (χ1v) is 7.22. The molecule has 0 aromatic carbocycles. The molecule has 2 fully saturated rings. The third-order valence-electron chi connectivity index (χ3n) is 4.00. The molecule has 5 heteroatoms. The summed E-state index contributed by atoms with van der Waals surface area (Å²) in [5.41, 5.74) is 0.953. The number of aryl methyl sites for hydroxylation is 1. The van der Waals surface area contributed by atoms with Crippen molar-refractivity contribution < 1.29 is 9.53 Å². The van der Waals surface area contributed by atoms with Crippen LogP contribution in [0.2, 0.25) is 0 Å². The lowest BCUT2D eigenvalue weighted by Crippen LogP contribution is -2.28. The fourth-order valence-corrected chi connectivity index (χ4v) is 3.03. The van der Waals surface area contributed by atoms with Crippen molar-refractivity contribution in [3.63, 3.8) is 0 Å². The molecule has 0 unspecified atom stereocenters. The van der Waals surface area contributed by atoms with E-state index in [1.54, 1.807) is 0 Å². The van der Waals surface area contributed by atoms with Gasteiger partial charge in [0.25, 0.3) is 5.91 Å². The molecule has 1 saturated heterocycles. The number of hydrogen-bond donors (Lipinski definition) is 1. The van der Waals surface area contributed by atoms with Gasteiger partial charge in [-0.15, -0.1) is 0 Å². The minimum absolute atomic E-state index is 0.0309. The number of ether oxygens (including phenoxy) is 1. The van der Waals surface area contributed by atoms with Crippen molar-refractivity contribution in [2.24, 2.45) is 0 Å². The Bertz CT molecular complexity index is 457. The molecule has 1 aromatic heterocycles. The van der Waals surface area contributed by atoms with Gasteiger partial charge in [-0.25, -0.2) is 4.68 Å². The topological polar surface area (TPSA) is 56.1 Å². The van der Waals surface area contributed by atoms with Crippen molar-refractivity contribution in [3.05, 3.63) is 11.8 Å². The fraction of sp³-hybridized carbons (Fsp3) is 0.714. The van der Waals surface area contributed by atoms with Crippen molar-refractivity contribution in [1.29, 1.82) is 0 Å². The van der Waals surface area contributed by atoms with E-state index in [1.165, 1.54) is 12.8 Å². The summed E-state index contributed by atoms with van der Waals surface area (Å²) in [4.78, 5) is 12.1. The van der Waals surface area contributed by atoms with Crippen LogP contribution in [-0.2, 0) is 9.53 Å². The van der Waals surface area contributed by atoms with Crippen molar-refractivity contribution in [1.82, 2.24) is 9.78 Å². The molecule has 2 heterocycles. The minimum Gasteiger partial charge on any atom is -0.368 e. The van der Waals surface area contributed by atoms with E-state index in [2.05, 4.69) is 10.4 Å². The number of anilines is 1. The molecule has 2 aliphatic rings. The third kappa shape index (κ3) is 2.66. The maximum absolute atomic E-state index is 12.1. The number of nitrogens with zero attached hydrogens (tertiary/aromatic N) is 2. The summed E-state index contributed by atoms with van der Waals surface area (Å²) < 4.78 is 7.41. The van der Waals surface area contributed by atoms with Crippen molar-refractivity contribution in [3.8, 4) is 0 Å². The highest BCUT2D eigenvalue weighted by Gasteiger charge is 2.26. The first kappa shape index (κ1) is 12.7. The van der Waals surface area contributed by atoms with Gasteiger partial charge in [0, 0.05) is 12.7 Å². The summed E-state index contributed by atoms with van der Waals surface area (Å²) in [6.07, 6.45) is 6.33. The Kier molecular flexibility index (Phi) is 3.55. The molecule has 1 atom stereocenters. The molecule has 0 radical (unpaired) electrons. The highest BCUT2D eigenvalue weighted by molar-refractivity contribution is 5.93. The molecule has 1 aromatic rings. The average Bonchev–Trinajstić information content (AvgIpc) is 3.09. The van der Waals surface area contributed by atoms with E-state index in [4.69, 9.17) is 4.74 Å². The fourth-order valence-electron chi connectivity index (χ4n) is 3.03. The number of hydrogen-bond acceptors (Lipinski definition) is 3. The van der Waals surface area contributed by atoms with E-state index in [9.17, 15) is 4.79 Å². The zero-order valence-corrected chi connectivity index (χ0v) is 11.4.